The van der Waals surface area contributed by atoms with Gasteiger partial charge in [0.15, 0.2) is 6.23 Å². The third-order valence-electron chi connectivity index (χ3n) is 7.49. The van der Waals surface area contributed by atoms with Crippen molar-refractivity contribution in [1.29, 1.82) is 0 Å². The maximum atomic E-state index is 14.4. The largest absolute Gasteiger partial charge is 0.350 e. The Labute approximate surface area is 231 Å². The molecule has 10 heteroatoms. The summed E-state index contributed by atoms with van der Waals surface area (Å²) in [5.41, 5.74) is 9.63. The molecule has 0 bridgehead atoms. The summed E-state index contributed by atoms with van der Waals surface area (Å²) in [6.45, 7) is 1.73. The van der Waals surface area contributed by atoms with Crippen molar-refractivity contribution in [2.75, 3.05) is 17.8 Å². The normalized spacial score (nSPS) is 25.0. The number of aromatic nitrogens is 1. The van der Waals surface area contributed by atoms with Crippen LogP contribution in [0.5, 0.6) is 0 Å². The van der Waals surface area contributed by atoms with Crippen molar-refractivity contribution in [2.24, 2.45) is 5.92 Å². The van der Waals surface area contributed by atoms with E-state index in [1.54, 1.807) is 48.6 Å². The zero-order chi connectivity index (χ0) is 27.9. The minimum Gasteiger partial charge on any atom is -0.350 e. The lowest BCUT2D eigenvalue weighted by molar-refractivity contribution is -0.122. The highest BCUT2D eigenvalue weighted by Crippen LogP contribution is 2.35. The van der Waals surface area contributed by atoms with Gasteiger partial charge in [0.05, 0.1) is 23.3 Å². The summed E-state index contributed by atoms with van der Waals surface area (Å²) in [6.07, 6.45) is 15.5. The summed E-state index contributed by atoms with van der Waals surface area (Å²) in [5.74, 6) is -0.431. The van der Waals surface area contributed by atoms with Crippen molar-refractivity contribution in [3.8, 4) is 11.1 Å². The van der Waals surface area contributed by atoms with Crippen LogP contribution in [0.4, 0.5) is 15.8 Å². The van der Waals surface area contributed by atoms with E-state index in [1.807, 2.05) is 37.4 Å². The molecule has 1 aromatic heterocycles. The number of pyridine rings is 1. The fraction of sp³-hybridized carbons (Fsp3) is 0.300. The van der Waals surface area contributed by atoms with Crippen LogP contribution in [0.25, 0.3) is 11.1 Å². The number of allylic oxidation sites excluding steroid dienone is 3. The Balaban J connectivity index is 1.13. The Morgan fingerprint density at radius 3 is 2.77 bits per heavy atom. The molecule has 3 unspecified atom stereocenters. The van der Waals surface area contributed by atoms with E-state index in [-0.39, 0.29) is 23.6 Å². The Hall–Kier alpha value is -4.28. The lowest BCUT2D eigenvalue weighted by Gasteiger charge is -2.37. The number of hydrogen-bond donors (Lipinski definition) is 4. The van der Waals surface area contributed by atoms with Crippen LogP contribution in [0.3, 0.4) is 0 Å². The molecule has 0 spiro atoms. The Bertz CT molecular complexity index is 1480. The van der Waals surface area contributed by atoms with Crippen molar-refractivity contribution in [3.63, 3.8) is 0 Å². The summed E-state index contributed by atoms with van der Waals surface area (Å²) in [7, 11) is 1.82. The molecule has 1 fully saturated rings. The highest BCUT2D eigenvalue weighted by atomic mass is 19.1. The second-order valence-corrected chi connectivity index (χ2v) is 10.7. The van der Waals surface area contributed by atoms with Crippen LogP contribution in [0, 0.1) is 5.92 Å². The quantitative estimate of drug-likeness (QED) is 0.410. The van der Waals surface area contributed by atoms with E-state index in [0.29, 0.717) is 17.8 Å². The smallest absolute Gasteiger partial charge is 0.248 e. The number of carbonyl (C=O) groups excluding carboxylic acids is 2. The number of amides is 2. The van der Waals surface area contributed by atoms with E-state index in [2.05, 4.69) is 26.5 Å². The number of nitrogens with zero attached hydrogens (tertiary/aromatic N) is 2. The lowest BCUT2D eigenvalue weighted by atomic mass is 9.96. The number of fused-ring (bicyclic) bond motifs is 1. The molecule has 0 radical (unpaired) electrons. The first-order valence-corrected chi connectivity index (χ1v) is 13.3. The number of carbonyl (C=O) groups is 2. The average Bonchev–Trinajstić information content (AvgIpc) is 3.71. The first kappa shape index (κ1) is 26.0. The predicted octanol–water partition coefficient (Wildman–Crippen LogP) is 4.44. The standard InChI is InChI=1S/C30H31FN6O3/c1-30(12-4-3-5-25(30)31)40-26-11-9-21(17-37(26)2)33-29(39)27-23-14-19(8-10-24(23)35-36-27)20-13-22(16-32-15-20)34-28(38)18-6-7-18/h3-5,8-11,13-18,26-27,35-36H,6-7,12H2,1-2H3,(H,33,39)(H,34,38). The minimum absolute atomic E-state index is 0.0250. The maximum Gasteiger partial charge on any atom is 0.248 e. The van der Waals surface area contributed by atoms with E-state index in [9.17, 15) is 14.0 Å². The molecule has 4 N–H and O–H groups in total. The molecular weight excluding hydrogens is 511 g/mol. The molecule has 206 valence electrons. The third-order valence-corrected chi connectivity index (χ3v) is 7.49. The molecule has 40 heavy (non-hydrogen) atoms. The van der Waals surface area contributed by atoms with Gasteiger partial charge in [0.1, 0.15) is 17.5 Å². The fourth-order valence-electron chi connectivity index (χ4n) is 4.94. The van der Waals surface area contributed by atoms with Crippen molar-refractivity contribution < 1.29 is 18.7 Å². The van der Waals surface area contributed by atoms with Gasteiger partial charge in [0, 0.05) is 42.9 Å². The zero-order valence-electron chi connectivity index (χ0n) is 22.3. The van der Waals surface area contributed by atoms with Crippen LogP contribution < -0.4 is 21.5 Å². The summed E-state index contributed by atoms with van der Waals surface area (Å²) in [4.78, 5) is 31.6. The molecule has 3 atom stereocenters. The van der Waals surface area contributed by atoms with E-state index in [1.165, 1.54) is 6.08 Å². The van der Waals surface area contributed by atoms with E-state index >= 15 is 0 Å². The zero-order valence-corrected chi connectivity index (χ0v) is 22.3. The van der Waals surface area contributed by atoms with Crippen LogP contribution in [0.15, 0.2) is 84.8 Å². The maximum absolute atomic E-state index is 14.4. The van der Waals surface area contributed by atoms with Crippen molar-refractivity contribution >= 4 is 23.2 Å². The molecule has 0 saturated heterocycles. The number of rotatable bonds is 7. The van der Waals surface area contributed by atoms with Gasteiger partial charge in [-0.2, -0.15) is 0 Å². The van der Waals surface area contributed by atoms with Crippen LogP contribution in [-0.2, 0) is 14.3 Å². The molecule has 1 saturated carbocycles. The summed E-state index contributed by atoms with van der Waals surface area (Å²) in [5, 5.41) is 5.89. The van der Waals surface area contributed by atoms with Crippen molar-refractivity contribution in [1.82, 2.24) is 20.6 Å². The summed E-state index contributed by atoms with van der Waals surface area (Å²) in [6, 6.07) is 7.04. The molecule has 3 heterocycles. The van der Waals surface area contributed by atoms with Gasteiger partial charge in [-0.3, -0.25) is 14.6 Å². The van der Waals surface area contributed by atoms with Crippen LogP contribution in [-0.4, -0.2) is 40.6 Å². The monoisotopic (exact) mass is 542 g/mol. The van der Waals surface area contributed by atoms with Gasteiger partial charge in [-0.05, 0) is 61.8 Å². The Morgan fingerprint density at radius 2 is 2.00 bits per heavy atom. The second kappa shape index (κ2) is 10.4. The van der Waals surface area contributed by atoms with Crippen LogP contribution in [0.2, 0.25) is 0 Å². The van der Waals surface area contributed by atoms with E-state index < -0.39 is 17.9 Å². The predicted molar refractivity (Wildman–Crippen MR) is 150 cm³/mol. The Morgan fingerprint density at radius 1 is 1.15 bits per heavy atom. The van der Waals surface area contributed by atoms with Gasteiger partial charge in [-0.15, -0.1) is 0 Å². The number of halogens is 1. The van der Waals surface area contributed by atoms with Gasteiger partial charge in [0.25, 0.3) is 0 Å². The fourth-order valence-corrected chi connectivity index (χ4v) is 4.94. The van der Waals surface area contributed by atoms with E-state index in [0.717, 1.165) is 35.2 Å². The van der Waals surface area contributed by atoms with E-state index in [4.69, 9.17) is 4.74 Å². The number of hydrazine groups is 1. The first-order valence-electron chi connectivity index (χ1n) is 13.3. The first-order chi connectivity index (χ1) is 19.3. The SMILES string of the molecule is CN1C=C(NC(=O)C2NNc3ccc(-c4cncc(NC(=O)C5CC5)c4)cc32)C=CC1OC1(C)CC=CC=C1F. The highest BCUT2D eigenvalue weighted by Gasteiger charge is 2.35. The minimum atomic E-state index is -1.04. The molecule has 2 aliphatic carbocycles. The lowest BCUT2D eigenvalue weighted by Crippen LogP contribution is -2.42. The van der Waals surface area contributed by atoms with Gasteiger partial charge >= 0.3 is 0 Å². The number of likely N-dealkylation sites (N-methyl/N-ethyl adjacent to an activating group) is 1. The topological polar surface area (TPSA) is 108 Å². The summed E-state index contributed by atoms with van der Waals surface area (Å²) >= 11 is 0. The number of nitrogens with one attached hydrogen (secondary N) is 4. The molecule has 4 aliphatic rings. The van der Waals surface area contributed by atoms with Gasteiger partial charge < -0.3 is 25.7 Å². The molecule has 9 nitrogen and oxygen atoms in total. The number of anilines is 2. The Kier molecular flexibility index (Phi) is 6.73. The molecule has 2 amide bonds. The molecule has 1 aromatic carbocycles. The van der Waals surface area contributed by atoms with Crippen molar-refractivity contribution in [3.05, 3.63) is 90.3 Å². The van der Waals surface area contributed by atoms with Gasteiger partial charge in [-0.25, -0.2) is 9.82 Å². The van der Waals surface area contributed by atoms with Gasteiger partial charge in [0.2, 0.25) is 11.8 Å². The number of hydrogen-bond acceptors (Lipinski definition) is 7. The number of benzene rings is 1. The average molecular weight is 543 g/mol. The molecule has 6 rings (SSSR count). The molecular formula is C30H31FN6O3. The third kappa shape index (κ3) is 5.28. The van der Waals surface area contributed by atoms with Crippen LogP contribution >= 0.6 is 0 Å². The highest BCUT2D eigenvalue weighted by molar-refractivity contribution is 5.94. The molecule has 2 aliphatic heterocycles. The molecule has 2 aromatic rings. The summed E-state index contributed by atoms with van der Waals surface area (Å²) < 4.78 is 20.5. The van der Waals surface area contributed by atoms with Crippen LogP contribution in [0.1, 0.15) is 37.8 Å². The van der Waals surface area contributed by atoms with Crippen molar-refractivity contribution in [2.45, 2.75) is 44.1 Å². The second-order valence-electron chi connectivity index (χ2n) is 10.7. The van der Waals surface area contributed by atoms with Gasteiger partial charge in [-0.1, -0.05) is 18.2 Å². The number of ether oxygens (including phenoxy) is 1.